The maximum atomic E-state index is 6.39. The standard InChI is InChI=1S/C24H22N2O2/c1-16-7-9-18(10-8-16)24-26-22(20-5-3-4-6-23(20)28-24)15-21(25-26)17-11-13-19(27-2)14-12-17/h3-14,22,24H,15H2,1-2H3/t22-,24+/m0/s1. The van der Waals surface area contributed by atoms with E-state index in [-0.39, 0.29) is 12.3 Å². The Kier molecular flexibility index (Phi) is 4.05. The molecule has 2 aliphatic rings. The van der Waals surface area contributed by atoms with Crippen molar-refractivity contribution in [3.8, 4) is 11.5 Å². The van der Waals surface area contributed by atoms with E-state index in [0.717, 1.165) is 34.8 Å². The molecule has 0 aliphatic carbocycles. The summed E-state index contributed by atoms with van der Waals surface area (Å²) in [6.45, 7) is 2.10. The maximum Gasteiger partial charge on any atom is 0.213 e. The summed E-state index contributed by atoms with van der Waals surface area (Å²) in [4.78, 5) is 0. The second-order valence-electron chi connectivity index (χ2n) is 7.29. The van der Waals surface area contributed by atoms with Gasteiger partial charge in [-0.05, 0) is 42.8 Å². The van der Waals surface area contributed by atoms with E-state index in [1.54, 1.807) is 7.11 Å². The van der Waals surface area contributed by atoms with Gasteiger partial charge in [0.2, 0.25) is 6.23 Å². The number of ether oxygens (including phenoxy) is 2. The zero-order chi connectivity index (χ0) is 19.1. The molecular weight excluding hydrogens is 348 g/mol. The number of rotatable bonds is 3. The lowest BCUT2D eigenvalue weighted by molar-refractivity contribution is -0.0190. The van der Waals surface area contributed by atoms with Crippen LogP contribution in [0, 0.1) is 6.92 Å². The van der Waals surface area contributed by atoms with Crippen molar-refractivity contribution in [2.75, 3.05) is 7.11 Å². The summed E-state index contributed by atoms with van der Waals surface area (Å²) in [5.74, 6) is 1.80. The van der Waals surface area contributed by atoms with Gasteiger partial charge in [-0.25, -0.2) is 5.01 Å². The Morgan fingerprint density at radius 1 is 0.964 bits per heavy atom. The summed E-state index contributed by atoms with van der Waals surface area (Å²) in [7, 11) is 1.68. The van der Waals surface area contributed by atoms with E-state index < -0.39 is 0 Å². The number of benzene rings is 3. The van der Waals surface area contributed by atoms with Crippen LogP contribution in [0.15, 0.2) is 77.9 Å². The summed E-state index contributed by atoms with van der Waals surface area (Å²) in [6.07, 6.45) is 0.631. The van der Waals surface area contributed by atoms with Crippen LogP contribution in [0.4, 0.5) is 0 Å². The fourth-order valence-electron chi connectivity index (χ4n) is 3.94. The second kappa shape index (κ2) is 6.71. The molecule has 0 bridgehead atoms. The molecule has 3 aromatic rings. The molecule has 0 aromatic heterocycles. The Morgan fingerprint density at radius 3 is 2.46 bits per heavy atom. The second-order valence-corrected chi connectivity index (χ2v) is 7.29. The van der Waals surface area contributed by atoms with E-state index in [2.05, 4.69) is 66.5 Å². The lowest BCUT2D eigenvalue weighted by Gasteiger charge is -2.38. The van der Waals surface area contributed by atoms with Crippen LogP contribution in [0.1, 0.15) is 40.9 Å². The molecule has 28 heavy (non-hydrogen) atoms. The molecule has 0 spiro atoms. The molecule has 2 aliphatic heterocycles. The monoisotopic (exact) mass is 370 g/mol. The molecule has 5 rings (SSSR count). The largest absolute Gasteiger partial charge is 0.497 e. The van der Waals surface area contributed by atoms with Crippen LogP contribution in [0.3, 0.4) is 0 Å². The van der Waals surface area contributed by atoms with Gasteiger partial charge in [0.25, 0.3) is 0 Å². The van der Waals surface area contributed by atoms with Crippen LogP contribution in [-0.4, -0.2) is 17.8 Å². The highest BCUT2D eigenvalue weighted by Gasteiger charge is 2.40. The van der Waals surface area contributed by atoms with Crippen LogP contribution in [0.2, 0.25) is 0 Å². The van der Waals surface area contributed by atoms with Crippen molar-refractivity contribution in [2.24, 2.45) is 5.10 Å². The minimum atomic E-state index is -0.226. The van der Waals surface area contributed by atoms with Gasteiger partial charge in [-0.15, -0.1) is 0 Å². The maximum absolute atomic E-state index is 6.39. The van der Waals surface area contributed by atoms with E-state index >= 15 is 0 Å². The number of hydrogen-bond donors (Lipinski definition) is 0. The minimum absolute atomic E-state index is 0.174. The van der Waals surface area contributed by atoms with E-state index in [1.807, 2.05) is 18.2 Å². The summed E-state index contributed by atoms with van der Waals surface area (Å²) in [5.41, 5.74) is 5.74. The van der Waals surface area contributed by atoms with Crippen molar-refractivity contribution >= 4 is 5.71 Å². The SMILES string of the molecule is COc1ccc(C2=NN3[C@@H](c4ccc(C)cc4)Oc4ccccc4[C@@H]3C2)cc1. The predicted octanol–water partition coefficient (Wildman–Crippen LogP) is 5.25. The number of fused-ring (bicyclic) bond motifs is 3. The number of hydrazone groups is 1. The first kappa shape index (κ1) is 16.9. The zero-order valence-corrected chi connectivity index (χ0v) is 16.0. The topological polar surface area (TPSA) is 34.1 Å². The summed E-state index contributed by atoms with van der Waals surface area (Å²) in [5, 5.41) is 7.12. The van der Waals surface area contributed by atoms with Gasteiger partial charge >= 0.3 is 0 Å². The van der Waals surface area contributed by atoms with E-state index in [9.17, 15) is 0 Å². The summed E-state index contributed by atoms with van der Waals surface area (Å²) < 4.78 is 11.7. The average molecular weight is 370 g/mol. The summed E-state index contributed by atoms with van der Waals surface area (Å²) in [6, 6.07) is 25.1. The lowest BCUT2D eigenvalue weighted by Crippen LogP contribution is -2.33. The molecule has 4 heteroatoms. The number of methoxy groups -OCH3 is 1. The first-order valence-corrected chi connectivity index (χ1v) is 9.55. The first-order valence-electron chi connectivity index (χ1n) is 9.55. The van der Waals surface area contributed by atoms with Gasteiger partial charge in [0.15, 0.2) is 0 Å². The number of para-hydroxylation sites is 1. The minimum Gasteiger partial charge on any atom is -0.497 e. The van der Waals surface area contributed by atoms with E-state index in [4.69, 9.17) is 14.6 Å². The van der Waals surface area contributed by atoms with Gasteiger partial charge in [-0.1, -0.05) is 48.0 Å². The Bertz CT molecular complexity index is 1030. The average Bonchev–Trinajstić information content (AvgIpc) is 3.20. The highest BCUT2D eigenvalue weighted by molar-refractivity contribution is 6.02. The van der Waals surface area contributed by atoms with Gasteiger partial charge in [-0.3, -0.25) is 0 Å². The molecule has 2 heterocycles. The molecular formula is C24H22N2O2. The van der Waals surface area contributed by atoms with Crippen LogP contribution in [0.5, 0.6) is 11.5 Å². The van der Waals surface area contributed by atoms with Crippen LogP contribution >= 0.6 is 0 Å². The van der Waals surface area contributed by atoms with Gasteiger partial charge in [0.05, 0.1) is 18.9 Å². The van der Waals surface area contributed by atoms with Crippen molar-refractivity contribution < 1.29 is 9.47 Å². The number of nitrogens with zero attached hydrogens (tertiary/aromatic N) is 2. The molecule has 0 amide bonds. The third kappa shape index (κ3) is 2.82. The molecule has 0 N–H and O–H groups in total. The molecule has 140 valence electrons. The summed E-state index contributed by atoms with van der Waals surface area (Å²) >= 11 is 0. The molecule has 0 fully saturated rings. The van der Waals surface area contributed by atoms with E-state index in [0.29, 0.717) is 0 Å². The predicted molar refractivity (Wildman–Crippen MR) is 110 cm³/mol. The van der Waals surface area contributed by atoms with Crippen LogP contribution < -0.4 is 9.47 Å². The van der Waals surface area contributed by atoms with Gasteiger partial charge < -0.3 is 9.47 Å². The molecule has 0 radical (unpaired) electrons. The smallest absolute Gasteiger partial charge is 0.213 e. The molecule has 4 nitrogen and oxygen atoms in total. The lowest BCUT2D eigenvalue weighted by atomic mass is 9.96. The van der Waals surface area contributed by atoms with Crippen molar-refractivity contribution in [2.45, 2.75) is 25.6 Å². The Labute approximate surface area is 165 Å². The van der Waals surface area contributed by atoms with Crippen molar-refractivity contribution in [3.63, 3.8) is 0 Å². The highest BCUT2D eigenvalue weighted by Crippen LogP contribution is 2.47. The van der Waals surface area contributed by atoms with Crippen LogP contribution in [0.25, 0.3) is 0 Å². The Hall–Kier alpha value is -3.27. The van der Waals surface area contributed by atoms with E-state index in [1.165, 1.54) is 11.1 Å². The van der Waals surface area contributed by atoms with Gasteiger partial charge in [0.1, 0.15) is 11.5 Å². The number of hydrogen-bond acceptors (Lipinski definition) is 4. The molecule has 2 atom stereocenters. The quantitative estimate of drug-likeness (QED) is 0.632. The molecule has 0 unspecified atom stereocenters. The van der Waals surface area contributed by atoms with Crippen molar-refractivity contribution in [1.29, 1.82) is 0 Å². The van der Waals surface area contributed by atoms with Crippen molar-refractivity contribution in [1.82, 2.24) is 5.01 Å². The highest BCUT2D eigenvalue weighted by atomic mass is 16.5. The third-order valence-electron chi connectivity index (χ3n) is 5.48. The fraction of sp³-hybridized carbons (Fsp3) is 0.208. The Balaban J connectivity index is 1.56. The van der Waals surface area contributed by atoms with Gasteiger partial charge in [-0.2, -0.15) is 5.10 Å². The fourth-order valence-corrected chi connectivity index (χ4v) is 3.94. The molecule has 0 saturated carbocycles. The molecule has 0 saturated heterocycles. The normalized spacial score (nSPS) is 20.1. The zero-order valence-electron chi connectivity index (χ0n) is 16.0. The number of aryl methyl sites for hydroxylation is 1. The van der Waals surface area contributed by atoms with Crippen molar-refractivity contribution in [3.05, 3.63) is 95.1 Å². The van der Waals surface area contributed by atoms with Gasteiger partial charge in [0, 0.05) is 17.5 Å². The first-order chi connectivity index (χ1) is 13.7. The Morgan fingerprint density at radius 2 is 1.71 bits per heavy atom. The third-order valence-corrected chi connectivity index (χ3v) is 5.48. The molecule has 3 aromatic carbocycles. The van der Waals surface area contributed by atoms with Crippen LogP contribution in [-0.2, 0) is 0 Å².